The third kappa shape index (κ3) is 5.13. The number of nitriles is 1. The SMILES string of the molecule is N#Cc1ncn2c1N(C(=O)CCN1CCN(c3ccc(F)cc3)CC1)CC=C2c1cccc(C(F)(F)F)c1. The van der Waals surface area contributed by atoms with E-state index in [9.17, 15) is 27.6 Å². The van der Waals surface area contributed by atoms with Gasteiger partial charge in [-0.05, 0) is 48.0 Å². The number of benzene rings is 2. The van der Waals surface area contributed by atoms with Gasteiger partial charge in [-0.25, -0.2) is 9.37 Å². The van der Waals surface area contributed by atoms with Crippen LogP contribution in [0.1, 0.15) is 23.2 Å². The standard InChI is InChI=1S/C27H24F4N6O/c28-21-4-6-22(7-5-21)35-14-12-34(13-15-35)10-9-25(38)36-11-8-24(37-18-33-23(17-32)26(36)37)19-2-1-3-20(16-19)27(29,30)31/h1-8,16,18H,9-15H2. The molecular weight excluding hydrogens is 500 g/mol. The minimum Gasteiger partial charge on any atom is -0.369 e. The zero-order chi connectivity index (χ0) is 26.9. The Kier molecular flexibility index (Phi) is 6.91. The Morgan fingerprint density at radius 1 is 1.05 bits per heavy atom. The number of aromatic nitrogens is 2. The maximum absolute atomic E-state index is 13.3. The molecule has 0 unspecified atom stereocenters. The molecule has 196 valence electrons. The number of nitrogens with zero attached hydrogens (tertiary/aromatic N) is 6. The van der Waals surface area contributed by atoms with E-state index in [0.717, 1.165) is 44.0 Å². The Bertz CT molecular complexity index is 1400. The molecule has 3 heterocycles. The molecule has 0 aliphatic carbocycles. The molecule has 2 aromatic carbocycles. The predicted octanol–water partition coefficient (Wildman–Crippen LogP) is 4.36. The number of alkyl halides is 3. The van der Waals surface area contributed by atoms with Gasteiger partial charge in [-0.1, -0.05) is 12.1 Å². The molecule has 3 aromatic rings. The summed E-state index contributed by atoms with van der Waals surface area (Å²) in [5.41, 5.74) is 0.950. The molecule has 0 N–H and O–H groups in total. The van der Waals surface area contributed by atoms with E-state index in [1.165, 1.54) is 34.0 Å². The highest BCUT2D eigenvalue weighted by Gasteiger charge is 2.32. The van der Waals surface area contributed by atoms with E-state index in [2.05, 4.69) is 14.8 Å². The first-order valence-corrected chi connectivity index (χ1v) is 12.1. The fraction of sp³-hybridized carbons (Fsp3) is 0.296. The van der Waals surface area contributed by atoms with Crippen LogP contribution < -0.4 is 9.80 Å². The predicted molar refractivity (Wildman–Crippen MR) is 134 cm³/mol. The minimum absolute atomic E-state index is 0.0313. The van der Waals surface area contributed by atoms with E-state index in [0.29, 0.717) is 17.8 Å². The van der Waals surface area contributed by atoms with E-state index < -0.39 is 11.7 Å². The van der Waals surface area contributed by atoms with Gasteiger partial charge in [0.2, 0.25) is 5.91 Å². The molecule has 2 aliphatic heterocycles. The second kappa shape index (κ2) is 10.3. The van der Waals surface area contributed by atoms with Crippen LogP contribution >= 0.6 is 0 Å². The van der Waals surface area contributed by atoms with Crippen LogP contribution in [-0.4, -0.2) is 59.6 Å². The minimum atomic E-state index is -4.49. The fourth-order valence-electron chi connectivity index (χ4n) is 4.82. The number of anilines is 2. The van der Waals surface area contributed by atoms with Crippen LogP contribution in [-0.2, 0) is 11.0 Å². The van der Waals surface area contributed by atoms with Gasteiger partial charge in [0.1, 0.15) is 18.2 Å². The molecule has 11 heteroatoms. The number of carbonyl (C=O) groups is 1. The number of imidazole rings is 1. The van der Waals surface area contributed by atoms with Crippen LogP contribution in [0.2, 0.25) is 0 Å². The smallest absolute Gasteiger partial charge is 0.369 e. The summed E-state index contributed by atoms with van der Waals surface area (Å²) in [5, 5.41) is 9.59. The Balaban J connectivity index is 1.26. The van der Waals surface area contributed by atoms with Gasteiger partial charge in [0.25, 0.3) is 0 Å². The number of amides is 1. The third-order valence-corrected chi connectivity index (χ3v) is 6.82. The van der Waals surface area contributed by atoms with Gasteiger partial charge >= 0.3 is 6.18 Å². The summed E-state index contributed by atoms with van der Waals surface area (Å²) in [7, 11) is 0. The van der Waals surface area contributed by atoms with Crippen LogP contribution in [0.15, 0.2) is 60.9 Å². The second-order valence-corrected chi connectivity index (χ2v) is 9.13. The van der Waals surface area contributed by atoms with Crippen molar-refractivity contribution in [3.05, 3.63) is 83.6 Å². The third-order valence-electron chi connectivity index (χ3n) is 6.82. The average Bonchev–Trinajstić information content (AvgIpc) is 3.36. The summed E-state index contributed by atoms with van der Waals surface area (Å²) in [5.74, 6) is -0.224. The van der Waals surface area contributed by atoms with Gasteiger partial charge in [-0.2, -0.15) is 18.4 Å². The maximum atomic E-state index is 13.3. The summed E-state index contributed by atoms with van der Waals surface area (Å²) in [4.78, 5) is 23.1. The van der Waals surface area contributed by atoms with Gasteiger partial charge < -0.3 is 4.90 Å². The van der Waals surface area contributed by atoms with Crippen molar-refractivity contribution in [2.75, 3.05) is 49.1 Å². The lowest BCUT2D eigenvalue weighted by Crippen LogP contribution is -2.47. The van der Waals surface area contributed by atoms with Crippen molar-refractivity contribution < 1.29 is 22.4 Å². The molecule has 1 aromatic heterocycles. The highest BCUT2D eigenvalue weighted by Crippen LogP contribution is 2.35. The first-order chi connectivity index (χ1) is 18.2. The van der Waals surface area contributed by atoms with E-state index in [1.807, 2.05) is 6.07 Å². The fourth-order valence-corrected chi connectivity index (χ4v) is 4.82. The lowest BCUT2D eigenvalue weighted by atomic mass is 10.1. The van der Waals surface area contributed by atoms with Crippen LogP contribution in [0, 0.1) is 17.1 Å². The molecule has 2 aliphatic rings. The molecule has 1 amide bonds. The van der Waals surface area contributed by atoms with E-state index in [4.69, 9.17) is 0 Å². The van der Waals surface area contributed by atoms with Crippen LogP contribution in [0.3, 0.4) is 0 Å². The molecule has 1 fully saturated rings. The molecule has 0 saturated carbocycles. The normalized spacial score (nSPS) is 16.1. The molecule has 5 rings (SSSR count). The zero-order valence-corrected chi connectivity index (χ0v) is 20.3. The summed E-state index contributed by atoms with van der Waals surface area (Å²) in [6.07, 6.45) is -1.26. The van der Waals surface area contributed by atoms with Gasteiger partial charge in [0, 0.05) is 51.4 Å². The van der Waals surface area contributed by atoms with Crippen LogP contribution in [0.25, 0.3) is 5.70 Å². The van der Waals surface area contributed by atoms with Crippen LogP contribution in [0.5, 0.6) is 0 Å². The van der Waals surface area contributed by atoms with Crippen molar-refractivity contribution in [1.29, 1.82) is 5.26 Å². The molecule has 0 bridgehead atoms. The van der Waals surface area contributed by atoms with E-state index in [-0.39, 0.29) is 36.2 Å². The maximum Gasteiger partial charge on any atom is 0.416 e. The van der Waals surface area contributed by atoms with Gasteiger partial charge in [0.05, 0.1) is 11.3 Å². The van der Waals surface area contributed by atoms with E-state index in [1.54, 1.807) is 24.3 Å². The summed E-state index contributed by atoms with van der Waals surface area (Å²) < 4.78 is 54.5. The monoisotopic (exact) mass is 524 g/mol. The van der Waals surface area contributed by atoms with E-state index >= 15 is 0 Å². The number of piperazine rings is 1. The first-order valence-electron chi connectivity index (χ1n) is 12.1. The molecule has 0 radical (unpaired) electrons. The zero-order valence-electron chi connectivity index (χ0n) is 20.3. The van der Waals surface area contributed by atoms with Crippen molar-refractivity contribution in [3.8, 4) is 6.07 Å². The highest BCUT2D eigenvalue weighted by molar-refractivity contribution is 5.96. The molecule has 0 spiro atoms. The highest BCUT2D eigenvalue weighted by atomic mass is 19.4. The first kappa shape index (κ1) is 25.5. The molecule has 1 saturated heterocycles. The molecule has 0 atom stereocenters. The summed E-state index contributed by atoms with van der Waals surface area (Å²) >= 11 is 0. The van der Waals surface area contributed by atoms with Crippen molar-refractivity contribution in [2.45, 2.75) is 12.6 Å². The Morgan fingerprint density at radius 2 is 1.79 bits per heavy atom. The Hall–Kier alpha value is -4.17. The Morgan fingerprint density at radius 3 is 2.47 bits per heavy atom. The molecular formula is C27H24F4N6O. The largest absolute Gasteiger partial charge is 0.416 e. The molecule has 38 heavy (non-hydrogen) atoms. The topological polar surface area (TPSA) is 68.4 Å². The van der Waals surface area contributed by atoms with Gasteiger partial charge in [-0.15, -0.1) is 0 Å². The van der Waals surface area contributed by atoms with Crippen molar-refractivity contribution in [2.24, 2.45) is 0 Å². The number of halogens is 4. The van der Waals surface area contributed by atoms with Crippen molar-refractivity contribution in [3.63, 3.8) is 0 Å². The summed E-state index contributed by atoms with van der Waals surface area (Å²) in [6.45, 7) is 3.61. The number of carbonyl (C=O) groups excluding carboxylic acids is 1. The van der Waals surface area contributed by atoms with Crippen molar-refractivity contribution >= 4 is 23.1 Å². The number of hydrogen-bond donors (Lipinski definition) is 0. The van der Waals surface area contributed by atoms with Crippen molar-refractivity contribution in [1.82, 2.24) is 14.5 Å². The number of rotatable bonds is 5. The average molecular weight is 525 g/mol. The van der Waals surface area contributed by atoms with Gasteiger partial charge in [0.15, 0.2) is 11.5 Å². The van der Waals surface area contributed by atoms with Crippen LogP contribution in [0.4, 0.5) is 29.1 Å². The lowest BCUT2D eigenvalue weighted by molar-refractivity contribution is -0.137. The lowest BCUT2D eigenvalue weighted by Gasteiger charge is -2.36. The Labute approximate surface area is 216 Å². The molecule has 7 nitrogen and oxygen atoms in total. The quantitative estimate of drug-likeness (QED) is 0.464. The second-order valence-electron chi connectivity index (χ2n) is 9.13. The number of hydrogen-bond acceptors (Lipinski definition) is 5. The number of fused-ring (bicyclic) bond motifs is 1. The summed E-state index contributed by atoms with van der Waals surface area (Å²) in [6, 6.07) is 13.3. The van der Waals surface area contributed by atoms with Gasteiger partial charge in [-0.3, -0.25) is 19.2 Å².